The Labute approximate surface area is 120 Å². The van der Waals surface area contributed by atoms with E-state index in [-0.39, 0.29) is 0 Å². The molecule has 2 heterocycles. The molecule has 0 saturated carbocycles. The van der Waals surface area contributed by atoms with Crippen LogP contribution in [0.5, 0.6) is 0 Å². The first-order valence-electron chi connectivity index (χ1n) is 7.54. The Morgan fingerprint density at radius 1 is 1.40 bits per heavy atom. The van der Waals surface area contributed by atoms with Gasteiger partial charge in [-0.1, -0.05) is 0 Å². The van der Waals surface area contributed by atoms with Crippen LogP contribution in [0.4, 0.5) is 0 Å². The molecule has 2 aromatic heterocycles. The van der Waals surface area contributed by atoms with Gasteiger partial charge in [-0.25, -0.2) is 4.98 Å². The van der Waals surface area contributed by atoms with E-state index in [0.29, 0.717) is 6.04 Å². The van der Waals surface area contributed by atoms with Crippen molar-refractivity contribution in [2.45, 2.75) is 44.7 Å². The topological polar surface area (TPSA) is 47.7 Å². The summed E-state index contributed by atoms with van der Waals surface area (Å²) >= 11 is 0. The number of hydrogen-bond donors (Lipinski definition) is 1. The number of rotatable bonds is 6. The number of unbranched alkanes of at least 4 members (excludes halogenated alkanes) is 1. The van der Waals surface area contributed by atoms with Crippen molar-refractivity contribution in [2.75, 3.05) is 6.54 Å². The maximum absolute atomic E-state index is 4.39. The van der Waals surface area contributed by atoms with Gasteiger partial charge in [-0.15, -0.1) is 0 Å². The van der Waals surface area contributed by atoms with Gasteiger partial charge in [-0.3, -0.25) is 4.68 Å². The molecule has 1 aliphatic rings. The average Bonchev–Trinajstić information content (AvgIpc) is 3.09. The Hall–Kier alpha value is -1.62. The summed E-state index contributed by atoms with van der Waals surface area (Å²) in [6.07, 6.45) is 13.8. The van der Waals surface area contributed by atoms with E-state index in [0.717, 1.165) is 13.1 Å². The van der Waals surface area contributed by atoms with E-state index in [1.807, 2.05) is 36.6 Å². The molecule has 0 fully saturated rings. The summed E-state index contributed by atoms with van der Waals surface area (Å²) < 4.78 is 4.17. The van der Waals surface area contributed by atoms with Crippen LogP contribution >= 0.6 is 0 Å². The monoisotopic (exact) mass is 273 g/mol. The number of aromatic nitrogens is 4. The van der Waals surface area contributed by atoms with Crippen molar-refractivity contribution >= 4 is 0 Å². The molecule has 2 aromatic rings. The largest absolute Gasteiger partial charge is 0.337 e. The zero-order chi connectivity index (χ0) is 13.8. The van der Waals surface area contributed by atoms with Gasteiger partial charge in [0.25, 0.3) is 0 Å². The third-order valence-electron chi connectivity index (χ3n) is 4.17. The van der Waals surface area contributed by atoms with Crippen LogP contribution in [0.15, 0.2) is 24.9 Å². The summed E-state index contributed by atoms with van der Waals surface area (Å²) in [7, 11) is 2.05. The van der Waals surface area contributed by atoms with Crippen molar-refractivity contribution in [1.29, 1.82) is 0 Å². The molecule has 3 rings (SSSR count). The highest BCUT2D eigenvalue weighted by molar-refractivity contribution is 5.24. The number of aryl methyl sites for hydroxylation is 2. The fourth-order valence-corrected chi connectivity index (χ4v) is 3.03. The number of nitrogens with one attached hydrogen (secondary N) is 1. The number of imidazole rings is 1. The molecule has 0 aliphatic heterocycles. The van der Waals surface area contributed by atoms with Crippen LogP contribution in [-0.2, 0) is 20.0 Å². The van der Waals surface area contributed by atoms with Crippen LogP contribution in [0.3, 0.4) is 0 Å². The lowest BCUT2D eigenvalue weighted by molar-refractivity contribution is 0.441. The Bertz CT molecular complexity index is 528. The van der Waals surface area contributed by atoms with E-state index in [2.05, 4.69) is 20.0 Å². The van der Waals surface area contributed by atoms with Crippen molar-refractivity contribution in [3.05, 3.63) is 36.2 Å². The third kappa shape index (κ3) is 2.93. The molecular weight excluding hydrogens is 250 g/mol. The van der Waals surface area contributed by atoms with Crippen molar-refractivity contribution in [2.24, 2.45) is 7.05 Å². The minimum absolute atomic E-state index is 0.501. The van der Waals surface area contributed by atoms with E-state index < -0.39 is 0 Å². The van der Waals surface area contributed by atoms with Crippen LogP contribution in [0.25, 0.3) is 0 Å². The van der Waals surface area contributed by atoms with Crippen molar-refractivity contribution in [3.8, 4) is 0 Å². The zero-order valence-electron chi connectivity index (χ0n) is 12.1. The highest BCUT2D eigenvalue weighted by Crippen LogP contribution is 2.28. The van der Waals surface area contributed by atoms with Crippen LogP contribution < -0.4 is 5.32 Å². The van der Waals surface area contributed by atoms with Crippen molar-refractivity contribution in [3.63, 3.8) is 0 Å². The Balaban J connectivity index is 1.43. The van der Waals surface area contributed by atoms with Gasteiger partial charge < -0.3 is 9.88 Å². The molecule has 1 unspecified atom stereocenters. The van der Waals surface area contributed by atoms with Gasteiger partial charge in [0.2, 0.25) is 0 Å². The van der Waals surface area contributed by atoms with E-state index in [4.69, 9.17) is 0 Å². The minimum atomic E-state index is 0.501. The quantitative estimate of drug-likeness (QED) is 0.820. The van der Waals surface area contributed by atoms with Gasteiger partial charge >= 0.3 is 0 Å². The molecular formula is C15H23N5. The normalized spacial score (nSPS) is 18.1. The smallest absolute Gasteiger partial charge is 0.0945 e. The SMILES string of the molecule is Cn1ncc2c1CCCC2NCCCCn1ccnc1. The Morgan fingerprint density at radius 2 is 2.35 bits per heavy atom. The molecule has 0 amide bonds. The molecule has 108 valence electrons. The van der Waals surface area contributed by atoms with E-state index >= 15 is 0 Å². The average molecular weight is 273 g/mol. The van der Waals surface area contributed by atoms with Crippen LogP contribution in [-0.4, -0.2) is 25.9 Å². The van der Waals surface area contributed by atoms with E-state index in [1.165, 1.54) is 43.4 Å². The Kier molecular flexibility index (Phi) is 4.16. The Morgan fingerprint density at radius 3 is 3.20 bits per heavy atom. The lowest BCUT2D eigenvalue weighted by Crippen LogP contribution is -2.26. The fourth-order valence-electron chi connectivity index (χ4n) is 3.03. The maximum atomic E-state index is 4.39. The first-order valence-corrected chi connectivity index (χ1v) is 7.54. The first kappa shape index (κ1) is 13.4. The van der Waals surface area contributed by atoms with Crippen molar-refractivity contribution < 1.29 is 0 Å². The van der Waals surface area contributed by atoms with Crippen LogP contribution in [0.2, 0.25) is 0 Å². The molecule has 1 atom stereocenters. The minimum Gasteiger partial charge on any atom is -0.337 e. The molecule has 0 spiro atoms. The van der Waals surface area contributed by atoms with Gasteiger partial charge in [0.05, 0.1) is 12.5 Å². The summed E-state index contributed by atoms with van der Waals surface area (Å²) in [4.78, 5) is 4.06. The summed E-state index contributed by atoms with van der Waals surface area (Å²) in [6, 6.07) is 0.501. The first-order chi connectivity index (χ1) is 9.84. The molecule has 1 aliphatic carbocycles. The number of nitrogens with zero attached hydrogens (tertiary/aromatic N) is 4. The number of hydrogen-bond acceptors (Lipinski definition) is 3. The molecule has 5 heteroatoms. The molecule has 0 saturated heterocycles. The van der Waals surface area contributed by atoms with Gasteiger partial charge in [0.15, 0.2) is 0 Å². The second-order valence-electron chi connectivity index (χ2n) is 5.58. The van der Waals surface area contributed by atoms with E-state index in [1.54, 1.807) is 0 Å². The predicted molar refractivity (Wildman–Crippen MR) is 78.4 cm³/mol. The van der Waals surface area contributed by atoms with Gasteiger partial charge in [0.1, 0.15) is 0 Å². The summed E-state index contributed by atoms with van der Waals surface area (Å²) in [5, 5.41) is 8.09. The predicted octanol–water partition coefficient (Wildman–Crippen LogP) is 2.06. The second-order valence-corrected chi connectivity index (χ2v) is 5.58. The molecule has 20 heavy (non-hydrogen) atoms. The highest BCUT2D eigenvalue weighted by atomic mass is 15.3. The maximum Gasteiger partial charge on any atom is 0.0945 e. The van der Waals surface area contributed by atoms with Gasteiger partial charge in [0, 0.05) is 43.3 Å². The second kappa shape index (κ2) is 6.22. The fraction of sp³-hybridized carbons (Fsp3) is 0.600. The molecule has 0 bridgehead atoms. The zero-order valence-corrected chi connectivity index (χ0v) is 12.1. The van der Waals surface area contributed by atoms with Crippen LogP contribution in [0.1, 0.15) is 43.0 Å². The lowest BCUT2D eigenvalue weighted by atomic mass is 9.93. The molecule has 5 nitrogen and oxygen atoms in total. The lowest BCUT2D eigenvalue weighted by Gasteiger charge is -2.23. The standard InChI is InChI=1S/C15H23N5/c1-19-15-6-4-5-14(13(15)11-18-19)17-7-2-3-9-20-10-8-16-12-20/h8,10-12,14,17H,2-7,9H2,1H3. The summed E-state index contributed by atoms with van der Waals surface area (Å²) in [5.74, 6) is 0. The van der Waals surface area contributed by atoms with E-state index in [9.17, 15) is 0 Å². The van der Waals surface area contributed by atoms with Gasteiger partial charge in [-0.05, 0) is 38.6 Å². The summed E-state index contributed by atoms with van der Waals surface area (Å²) in [6.45, 7) is 2.14. The molecule has 0 aromatic carbocycles. The summed E-state index contributed by atoms with van der Waals surface area (Å²) in [5.41, 5.74) is 2.82. The van der Waals surface area contributed by atoms with Crippen molar-refractivity contribution in [1.82, 2.24) is 24.6 Å². The highest BCUT2D eigenvalue weighted by Gasteiger charge is 2.22. The third-order valence-corrected chi connectivity index (χ3v) is 4.17. The van der Waals surface area contributed by atoms with Crippen LogP contribution in [0, 0.1) is 0 Å². The van der Waals surface area contributed by atoms with Gasteiger partial charge in [-0.2, -0.15) is 5.10 Å². The molecule has 1 N–H and O–H groups in total. The number of fused-ring (bicyclic) bond motifs is 1. The molecule has 0 radical (unpaired) electrons.